The van der Waals surface area contributed by atoms with Crippen molar-refractivity contribution in [1.29, 1.82) is 0 Å². The third-order valence-electron chi connectivity index (χ3n) is 3.34. The summed E-state index contributed by atoms with van der Waals surface area (Å²) in [4.78, 5) is 14.4. The van der Waals surface area contributed by atoms with E-state index in [0.29, 0.717) is 26.3 Å². The molecule has 2 aliphatic heterocycles. The highest BCUT2D eigenvalue weighted by atomic mass is 16.5. The third-order valence-corrected chi connectivity index (χ3v) is 3.34. The van der Waals surface area contributed by atoms with Gasteiger partial charge in [0.25, 0.3) is 5.91 Å². The number of amides is 1. The average molecular weight is 238 g/mol. The molecule has 2 rings (SSSR count). The number of hydrogen-bond donors (Lipinski definition) is 1. The molecule has 17 heavy (non-hydrogen) atoms. The molecule has 0 aliphatic carbocycles. The summed E-state index contributed by atoms with van der Waals surface area (Å²) in [7, 11) is 0. The molecular formula is C13H22N2O2. The fourth-order valence-corrected chi connectivity index (χ4v) is 2.72. The van der Waals surface area contributed by atoms with Gasteiger partial charge in [0.1, 0.15) is 0 Å². The molecule has 0 saturated carbocycles. The minimum absolute atomic E-state index is 0.110. The van der Waals surface area contributed by atoms with Crippen molar-refractivity contribution in [2.45, 2.75) is 38.8 Å². The Kier molecular flexibility index (Phi) is 3.04. The molecular weight excluding hydrogens is 216 g/mol. The lowest BCUT2D eigenvalue weighted by molar-refractivity contribution is -0.131. The molecule has 2 heterocycles. The van der Waals surface area contributed by atoms with Crippen LogP contribution in [0, 0.1) is 0 Å². The summed E-state index contributed by atoms with van der Waals surface area (Å²) in [5.41, 5.74) is 0.518. The van der Waals surface area contributed by atoms with Crippen molar-refractivity contribution >= 4 is 5.91 Å². The summed E-state index contributed by atoms with van der Waals surface area (Å²) in [6, 6.07) is 0. The number of hydrogen-bond acceptors (Lipinski definition) is 3. The minimum Gasteiger partial charge on any atom is -0.378 e. The van der Waals surface area contributed by atoms with Gasteiger partial charge in [0.15, 0.2) is 0 Å². The molecule has 1 amide bonds. The number of rotatable bonds is 1. The summed E-state index contributed by atoms with van der Waals surface area (Å²) in [6.45, 7) is 11.0. The highest BCUT2D eigenvalue weighted by Gasteiger charge is 2.41. The number of carbonyl (C=O) groups excluding carboxylic acids is 1. The van der Waals surface area contributed by atoms with Gasteiger partial charge in [-0.1, -0.05) is 6.08 Å². The van der Waals surface area contributed by atoms with Gasteiger partial charge in [0.05, 0.1) is 13.2 Å². The van der Waals surface area contributed by atoms with Crippen LogP contribution in [0.1, 0.15) is 27.7 Å². The van der Waals surface area contributed by atoms with Crippen LogP contribution in [-0.2, 0) is 9.53 Å². The van der Waals surface area contributed by atoms with Crippen LogP contribution in [0.3, 0.4) is 0 Å². The second-order valence-corrected chi connectivity index (χ2v) is 5.93. The van der Waals surface area contributed by atoms with Gasteiger partial charge < -0.3 is 9.64 Å². The van der Waals surface area contributed by atoms with Crippen molar-refractivity contribution in [3.8, 4) is 0 Å². The highest BCUT2D eigenvalue weighted by Crippen LogP contribution is 2.31. The number of ether oxygens (including phenoxy) is 1. The maximum atomic E-state index is 12.5. The molecule has 1 fully saturated rings. The Hall–Kier alpha value is -0.870. The fraction of sp³-hybridized carbons (Fsp3) is 0.769. The molecule has 0 radical (unpaired) electrons. The Labute approximate surface area is 103 Å². The lowest BCUT2D eigenvalue weighted by Gasteiger charge is -2.32. The molecule has 0 aromatic carbocycles. The molecule has 0 bridgehead atoms. The van der Waals surface area contributed by atoms with E-state index in [0.717, 1.165) is 5.57 Å². The standard InChI is InChI=1S/C13H22N2O2/c1-12(2)9-10(13(3,4)14-12)11(16)15-5-7-17-8-6-15/h9,14H,5-8H2,1-4H3. The van der Waals surface area contributed by atoms with Gasteiger partial charge in [-0.3, -0.25) is 10.1 Å². The van der Waals surface area contributed by atoms with Crippen molar-refractivity contribution in [2.24, 2.45) is 0 Å². The van der Waals surface area contributed by atoms with Gasteiger partial charge in [-0.05, 0) is 27.7 Å². The Bertz CT molecular complexity index is 352. The highest BCUT2D eigenvalue weighted by molar-refractivity contribution is 5.96. The average Bonchev–Trinajstić information content (AvgIpc) is 2.47. The summed E-state index contributed by atoms with van der Waals surface area (Å²) >= 11 is 0. The van der Waals surface area contributed by atoms with Crippen LogP contribution in [0.15, 0.2) is 11.6 Å². The first-order valence-corrected chi connectivity index (χ1v) is 6.21. The summed E-state index contributed by atoms with van der Waals surface area (Å²) in [6.07, 6.45) is 2.06. The first-order chi connectivity index (χ1) is 7.82. The molecule has 0 aromatic heterocycles. The number of morpholine rings is 1. The monoisotopic (exact) mass is 238 g/mol. The van der Waals surface area contributed by atoms with Crippen LogP contribution < -0.4 is 5.32 Å². The Morgan fingerprint density at radius 1 is 1.29 bits per heavy atom. The van der Waals surface area contributed by atoms with Gasteiger partial charge in [0.2, 0.25) is 0 Å². The predicted octanol–water partition coefficient (Wildman–Crippen LogP) is 0.932. The Morgan fingerprint density at radius 2 is 1.88 bits per heavy atom. The largest absolute Gasteiger partial charge is 0.378 e. The summed E-state index contributed by atoms with van der Waals surface area (Å²) in [5, 5.41) is 3.47. The lowest BCUT2D eigenvalue weighted by Crippen LogP contribution is -2.49. The maximum absolute atomic E-state index is 12.5. The van der Waals surface area contributed by atoms with E-state index >= 15 is 0 Å². The smallest absolute Gasteiger partial charge is 0.251 e. The van der Waals surface area contributed by atoms with Crippen molar-refractivity contribution < 1.29 is 9.53 Å². The molecule has 0 spiro atoms. The lowest BCUT2D eigenvalue weighted by atomic mass is 9.95. The predicted molar refractivity (Wildman–Crippen MR) is 66.8 cm³/mol. The second kappa shape index (κ2) is 4.10. The van der Waals surface area contributed by atoms with Gasteiger partial charge in [0, 0.05) is 29.7 Å². The van der Waals surface area contributed by atoms with Crippen LogP contribution in [-0.4, -0.2) is 48.2 Å². The van der Waals surface area contributed by atoms with Gasteiger partial charge in [-0.2, -0.15) is 0 Å². The van der Waals surface area contributed by atoms with Crippen molar-refractivity contribution in [3.63, 3.8) is 0 Å². The molecule has 4 nitrogen and oxygen atoms in total. The Morgan fingerprint density at radius 3 is 2.35 bits per heavy atom. The second-order valence-electron chi connectivity index (χ2n) is 5.93. The Balaban J connectivity index is 2.18. The van der Waals surface area contributed by atoms with Crippen LogP contribution in [0.2, 0.25) is 0 Å². The van der Waals surface area contributed by atoms with Crippen LogP contribution >= 0.6 is 0 Å². The minimum atomic E-state index is -0.251. The summed E-state index contributed by atoms with van der Waals surface area (Å²) in [5.74, 6) is 0.149. The van der Waals surface area contributed by atoms with E-state index in [1.807, 2.05) is 4.90 Å². The third kappa shape index (κ3) is 2.53. The van der Waals surface area contributed by atoms with Gasteiger partial charge in [-0.25, -0.2) is 0 Å². The normalized spacial score (nSPS) is 26.8. The zero-order chi connectivity index (χ0) is 12.7. The van der Waals surface area contributed by atoms with Crippen molar-refractivity contribution in [2.75, 3.05) is 26.3 Å². The van der Waals surface area contributed by atoms with Gasteiger partial charge in [-0.15, -0.1) is 0 Å². The first kappa shape index (κ1) is 12.6. The van der Waals surface area contributed by atoms with Crippen LogP contribution in [0.25, 0.3) is 0 Å². The molecule has 0 atom stereocenters. The van der Waals surface area contributed by atoms with E-state index < -0.39 is 0 Å². The van der Waals surface area contributed by atoms with Crippen molar-refractivity contribution in [1.82, 2.24) is 10.2 Å². The van der Waals surface area contributed by atoms with Crippen molar-refractivity contribution in [3.05, 3.63) is 11.6 Å². The zero-order valence-electron chi connectivity index (χ0n) is 11.2. The molecule has 0 aromatic rings. The quantitative estimate of drug-likeness (QED) is 0.739. The fourth-order valence-electron chi connectivity index (χ4n) is 2.72. The number of nitrogens with zero attached hydrogens (tertiary/aromatic N) is 1. The first-order valence-electron chi connectivity index (χ1n) is 6.21. The number of carbonyl (C=O) groups is 1. The number of nitrogens with one attached hydrogen (secondary N) is 1. The molecule has 2 aliphatic rings. The van der Waals surface area contributed by atoms with E-state index in [9.17, 15) is 4.79 Å². The van der Waals surface area contributed by atoms with E-state index in [2.05, 4.69) is 39.1 Å². The molecule has 1 saturated heterocycles. The maximum Gasteiger partial charge on any atom is 0.251 e. The van der Waals surface area contributed by atoms with Crippen LogP contribution in [0.5, 0.6) is 0 Å². The van der Waals surface area contributed by atoms with E-state index in [-0.39, 0.29) is 17.0 Å². The summed E-state index contributed by atoms with van der Waals surface area (Å²) < 4.78 is 5.28. The zero-order valence-corrected chi connectivity index (χ0v) is 11.2. The van der Waals surface area contributed by atoms with Crippen LogP contribution in [0.4, 0.5) is 0 Å². The van der Waals surface area contributed by atoms with Gasteiger partial charge >= 0.3 is 0 Å². The molecule has 4 heteroatoms. The topological polar surface area (TPSA) is 41.6 Å². The van der Waals surface area contributed by atoms with E-state index in [1.54, 1.807) is 0 Å². The van der Waals surface area contributed by atoms with E-state index in [4.69, 9.17) is 4.74 Å². The molecule has 96 valence electrons. The SMILES string of the molecule is CC1(C)C=C(C(=O)N2CCOCC2)C(C)(C)N1. The molecule has 0 unspecified atom stereocenters. The molecule has 1 N–H and O–H groups in total. The van der Waals surface area contributed by atoms with E-state index in [1.165, 1.54) is 0 Å².